The van der Waals surface area contributed by atoms with Crippen molar-refractivity contribution in [3.8, 4) is 16.8 Å². The zero-order valence-electron chi connectivity index (χ0n) is 20.1. The Morgan fingerprint density at radius 1 is 0.842 bits per heavy atom. The highest BCUT2D eigenvalue weighted by molar-refractivity contribution is 5.96. The van der Waals surface area contributed by atoms with Crippen LogP contribution in [0.4, 0.5) is 14.6 Å². The van der Waals surface area contributed by atoms with Crippen LogP contribution in [0.2, 0.25) is 0 Å². The maximum Gasteiger partial charge on any atom is 0.308 e. The largest absolute Gasteiger partial charge is 0.361 e. The molecule has 3 aromatic carbocycles. The van der Waals surface area contributed by atoms with Crippen LogP contribution in [0.15, 0.2) is 96.3 Å². The molecule has 0 radical (unpaired) electrons. The molecule has 7 nitrogen and oxygen atoms in total. The van der Waals surface area contributed by atoms with Gasteiger partial charge in [-0.05, 0) is 48.2 Å². The van der Waals surface area contributed by atoms with Crippen LogP contribution >= 0.6 is 0 Å². The molecule has 0 aliphatic heterocycles. The monoisotopic (exact) mass is 506 g/mol. The fourth-order valence-electron chi connectivity index (χ4n) is 4.69. The zero-order chi connectivity index (χ0) is 26.2. The van der Waals surface area contributed by atoms with Gasteiger partial charge in [0.2, 0.25) is 0 Å². The van der Waals surface area contributed by atoms with E-state index >= 15 is 0 Å². The number of aromatic nitrogens is 5. The van der Waals surface area contributed by atoms with Gasteiger partial charge in [-0.25, -0.2) is 24.3 Å². The van der Waals surface area contributed by atoms with Gasteiger partial charge in [0.05, 0.1) is 22.3 Å². The first-order chi connectivity index (χ1) is 18.5. The van der Waals surface area contributed by atoms with Crippen molar-refractivity contribution in [1.82, 2.24) is 24.5 Å². The second kappa shape index (κ2) is 9.44. The van der Waals surface area contributed by atoms with Crippen molar-refractivity contribution in [1.29, 1.82) is 0 Å². The van der Waals surface area contributed by atoms with Crippen LogP contribution in [0.5, 0.6) is 0 Å². The Labute approximate surface area is 215 Å². The van der Waals surface area contributed by atoms with Crippen LogP contribution in [0, 0.1) is 11.9 Å². The summed E-state index contributed by atoms with van der Waals surface area (Å²) in [6.07, 6.45) is 3.25. The van der Waals surface area contributed by atoms with Crippen LogP contribution in [0.25, 0.3) is 38.5 Å². The summed E-state index contributed by atoms with van der Waals surface area (Å²) in [4.78, 5) is 29.9. The van der Waals surface area contributed by atoms with Crippen molar-refractivity contribution in [2.75, 3.05) is 5.32 Å². The second-order valence-corrected chi connectivity index (χ2v) is 8.78. The Morgan fingerprint density at radius 3 is 2.39 bits per heavy atom. The molecule has 3 heterocycles. The first kappa shape index (κ1) is 23.4. The number of nitrogens with zero attached hydrogens (tertiary/aromatic N) is 5. The number of rotatable bonds is 5. The number of anilines is 1. The number of nitrogens with one attached hydrogen (secondary N) is 1. The lowest BCUT2D eigenvalue weighted by Gasteiger charge is -2.22. The predicted octanol–water partition coefficient (Wildman–Crippen LogP) is 5.84. The zero-order valence-corrected chi connectivity index (χ0v) is 20.1. The molecule has 3 aromatic heterocycles. The Bertz CT molecular complexity index is 1850. The minimum atomic E-state index is -0.841. The van der Waals surface area contributed by atoms with Crippen LogP contribution < -0.4 is 10.9 Å². The molecule has 6 rings (SSSR count). The summed E-state index contributed by atoms with van der Waals surface area (Å²) in [5, 5.41) is 4.69. The van der Waals surface area contributed by atoms with Gasteiger partial charge < -0.3 is 5.32 Å². The highest BCUT2D eigenvalue weighted by Crippen LogP contribution is 2.31. The molecule has 0 saturated heterocycles. The third-order valence-corrected chi connectivity index (χ3v) is 6.43. The van der Waals surface area contributed by atoms with E-state index in [2.05, 4.69) is 25.3 Å². The predicted molar refractivity (Wildman–Crippen MR) is 142 cm³/mol. The number of hydrogen-bond acceptors (Lipinski definition) is 6. The standard InChI is InChI=1S/C29H20F2N6O/c1-17(36-27-26-22(30)11-6-12-23(26)34-16-35-27)24-13-18-7-5-10-21(19-14-32-29(31)33-15-19)25(18)28(38)37(24)20-8-3-2-4-9-20/h2-17H,1H3,(H,34,35,36). The molecule has 0 aliphatic rings. The number of para-hydroxylation sites is 1. The van der Waals surface area contributed by atoms with E-state index in [1.165, 1.54) is 24.8 Å². The Morgan fingerprint density at radius 2 is 1.61 bits per heavy atom. The molecule has 0 amide bonds. The molecule has 186 valence electrons. The number of benzene rings is 3. The smallest absolute Gasteiger partial charge is 0.308 e. The molecule has 6 aromatic rings. The van der Waals surface area contributed by atoms with Gasteiger partial charge in [-0.15, -0.1) is 0 Å². The molecule has 0 aliphatic carbocycles. The van der Waals surface area contributed by atoms with Crippen molar-refractivity contribution >= 4 is 27.5 Å². The molecule has 9 heteroatoms. The van der Waals surface area contributed by atoms with Gasteiger partial charge in [0.15, 0.2) is 0 Å². The molecule has 1 atom stereocenters. The minimum Gasteiger partial charge on any atom is -0.361 e. The molecular weight excluding hydrogens is 486 g/mol. The summed E-state index contributed by atoms with van der Waals surface area (Å²) in [6, 6.07) is 20.8. The average Bonchev–Trinajstić information content (AvgIpc) is 2.93. The minimum absolute atomic E-state index is 0.268. The van der Waals surface area contributed by atoms with Gasteiger partial charge in [0.1, 0.15) is 18.0 Å². The first-order valence-corrected chi connectivity index (χ1v) is 11.9. The maximum atomic E-state index is 14.7. The second-order valence-electron chi connectivity index (χ2n) is 8.78. The highest BCUT2D eigenvalue weighted by atomic mass is 19.1. The van der Waals surface area contributed by atoms with Crippen LogP contribution in [0.1, 0.15) is 18.7 Å². The third kappa shape index (κ3) is 4.03. The fourth-order valence-corrected chi connectivity index (χ4v) is 4.69. The summed E-state index contributed by atoms with van der Waals surface area (Å²) < 4.78 is 29.8. The third-order valence-electron chi connectivity index (χ3n) is 6.43. The summed E-state index contributed by atoms with van der Waals surface area (Å²) in [5.74, 6) is -0.118. The van der Waals surface area contributed by atoms with Crippen molar-refractivity contribution in [3.63, 3.8) is 0 Å². The van der Waals surface area contributed by atoms with Gasteiger partial charge in [0.25, 0.3) is 5.56 Å². The molecule has 1 N–H and O–H groups in total. The molecular formula is C29H20F2N6O. The lowest BCUT2D eigenvalue weighted by molar-refractivity contribution is 0.539. The summed E-state index contributed by atoms with van der Waals surface area (Å²) >= 11 is 0. The summed E-state index contributed by atoms with van der Waals surface area (Å²) in [5.41, 5.74) is 2.62. The van der Waals surface area contributed by atoms with E-state index in [0.29, 0.717) is 44.6 Å². The number of halogens is 2. The lowest BCUT2D eigenvalue weighted by Crippen LogP contribution is -2.26. The summed E-state index contributed by atoms with van der Waals surface area (Å²) in [7, 11) is 0. The number of fused-ring (bicyclic) bond motifs is 2. The average molecular weight is 507 g/mol. The van der Waals surface area contributed by atoms with E-state index in [1.807, 2.05) is 55.5 Å². The quantitative estimate of drug-likeness (QED) is 0.296. The lowest BCUT2D eigenvalue weighted by atomic mass is 9.99. The topological polar surface area (TPSA) is 85.6 Å². The maximum absolute atomic E-state index is 14.7. The van der Waals surface area contributed by atoms with Crippen molar-refractivity contribution in [2.24, 2.45) is 0 Å². The highest BCUT2D eigenvalue weighted by Gasteiger charge is 2.20. The van der Waals surface area contributed by atoms with Gasteiger partial charge in [-0.1, -0.05) is 42.5 Å². The van der Waals surface area contributed by atoms with E-state index in [1.54, 1.807) is 22.8 Å². The van der Waals surface area contributed by atoms with E-state index in [-0.39, 0.29) is 10.9 Å². The van der Waals surface area contributed by atoms with Gasteiger partial charge in [-0.3, -0.25) is 9.36 Å². The molecule has 0 bridgehead atoms. The molecule has 1 unspecified atom stereocenters. The Balaban J connectivity index is 1.57. The van der Waals surface area contributed by atoms with E-state index in [0.717, 1.165) is 0 Å². The van der Waals surface area contributed by atoms with Crippen LogP contribution in [-0.4, -0.2) is 24.5 Å². The van der Waals surface area contributed by atoms with Gasteiger partial charge >= 0.3 is 6.08 Å². The van der Waals surface area contributed by atoms with Gasteiger partial charge in [0, 0.05) is 29.3 Å². The molecule has 0 saturated carbocycles. The van der Waals surface area contributed by atoms with Crippen molar-refractivity contribution < 1.29 is 8.78 Å². The van der Waals surface area contributed by atoms with Crippen LogP contribution in [0.3, 0.4) is 0 Å². The number of hydrogen-bond donors (Lipinski definition) is 1. The molecule has 0 fully saturated rings. The number of pyridine rings is 1. The Kier molecular flexibility index (Phi) is 5.80. The molecule has 38 heavy (non-hydrogen) atoms. The fraction of sp³-hybridized carbons (Fsp3) is 0.0690. The first-order valence-electron chi connectivity index (χ1n) is 11.9. The van der Waals surface area contributed by atoms with Crippen molar-refractivity contribution in [3.05, 3.63) is 119 Å². The Hall–Kier alpha value is -5.05. The van der Waals surface area contributed by atoms with E-state index < -0.39 is 17.9 Å². The normalized spacial score (nSPS) is 12.1. The van der Waals surface area contributed by atoms with E-state index in [9.17, 15) is 13.6 Å². The molecule has 0 spiro atoms. The van der Waals surface area contributed by atoms with Crippen LogP contribution in [-0.2, 0) is 0 Å². The van der Waals surface area contributed by atoms with Gasteiger partial charge in [-0.2, -0.15) is 4.39 Å². The van der Waals surface area contributed by atoms with Crippen molar-refractivity contribution in [2.45, 2.75) is 13.0 Å². The summed E-state index contributed by atoms with van der Waals surface area (Å²) in [6.45, 7) is 1.88. The SMILES string of the molecule is CC(Nc1ncnc2cccc(F)c12)c1cc2cccc(-c3cnc(F)nc3)c2c(=O)n1-c1ccccc1. The van der Waals surface area contributed by atoms with E-state index in [4.69, 9.17) is 0 Å².